The molecular formula is C16H17N3O2S. The monoisotopic (exact) mass is 315 g/mol. The maximum Gasteiger partial charge on any atom is 0.245 e. The van der Waals surface area contributed by atoms with Crippen molar-refractivity contribution in [3.05, 3.63) is 53.9 Å². The highest BCUT2D eigenvalue weighted by Gasteiger charge is 2.38. The van der Waals surface area contributed by atoms with Gasteiger partial charge in [0, 0.05) is 25.5 Å². The fourth-order valence-electron chi connectivity index (χ4n) is 3.05. The van der Waals surface area contributed by atoms with Crippen LogP contribution in [0.4, 0.5) is 0 Å². The Morgan fingerprint density at radius 2 is 2.00 bits per heavy atom. The molecule has 0 spiro atoms. The molecule has 1 fully saturated rings. The lowest BCUT2D eigenvalue weighted by atomic mass is 10.1. The Kier molecular flexibility index (Phi) is 3.77. The number of benzene rings is 1. The van der Waals surface area contributed by atoms with Gasteiger partial charge in [-0.3, -0.25) is 0 Å². The van der Waals surface area contributed by atoms with E-state index in [2.05, 4.69) is 0 Å². The molecule has 1 aromatic heterocycles. The number of nitriles is 1. The van der Waals surface area contributed by atoms with Gasteiger partial charge >= 0.3 is 0 Å². The molecule has 2 heterocycles. The minimum atomic E-state index is -3.68. The third kappa shape index (κ3) is 2.32. The van der Waals surface area contributed by atoms with Crippen molar-refractivity contribution >= 4 is 10.0 Å². The van der Waals surface area contributed by atoms with Crippen molar-refractivity contribution in [2.45, 2.75) is 23.8 Å². The second-order valence-electron chi connectivity index (χ2n) is 5.43. The maximum atomic E-state index is 13.0. The van der Waals surface area contributed by atoms with Crippen molar-refractivity contribution in [2.24, 2.45) is 7.05 Å². The molecule has 114 valence electrons. The highest BCUT2D eigenvalue weighted by Crippen LogP contribution is 2.37. The third-order valence-electron chi connectivity index (χ3n) is 4.12. The fourth-order valence-corrected chi connectivity index (χ4v) is 4.87. The molecule has 1 aliphatic heterocycles. The van der Waals surface area contributed by atoms with Crippen LogP contribution in [0.25, 0.3) is 0 Å². The van der Waals surface area contributed by atoms with Crippen LogP contribution >= 0.6 is 0 Å². The van der Waals surface area contributed by atoms with E-state index in [0.717, 1.165) is 18.5 Å². The van der Waals surface area contributed by atoms with Crippen LogP contribution in [0.5, 0.6) is 0 Å². The van der Waals surface area contributed by atoms with Gasteiger partial charge in [0.25, 0.3) is 0 Å². The van der Waals surface area contributed by atoms with E-state index in [1.165, 1.54) is 10.4 Å². The number of nitrogens with zero attached hydrogens (tertiary/aromatic N) is 3. The molecule has 0 saturated carbocycles. The molecule has 22 heavy (non-hydrogen) atoms. The Labute approximate surface area is 130 Å². The summed E-state index contributed by atoms with van der Waals surface area (Å²) in [6.07, 6.45) is 3.54. The Morgan fingerprint density at radius 3 is 2.68 bits per heavy atom. The van der Waals surface area contributed by atoms with Gasteiger partial charge in [-0.2, -0.15) is 9.57 Å². The fraction of sp³-hybridized carbons (Fsp3) is 0.312. The third-order valence-corrected chi connectivity index (χ3v) is 6.09. The first-order valence-corrected chi connectivity index (χ1v) is 8.62. The van der Waals surface area contributed by atoms with Crippen molar-refractivity contribution in [2.75, 3.05) is 6.54 Å². The molecule has 1 saturated heterocycles. The van der Waals surface area contributed by atoms with Crippen LogP contribution in [0.1, 0.15) is 30.1 Å². The van der Waals surface area contributed by atoms with Crippen molar-refractivity contribution < 1.29 is 8.42 Å². The molecule has 2 aromatic rings. The van der Waals surface area contributed by atoms with Gasteiger partial charge < -0.3 is 4.57 Å². The molecule has 1 unspecified atom stereocenters. The summed E-state index contributed by atoms with van der Waals surface area (Å²) in [6, 6.07) is 12.1. The van der Waals surface area contributed by atoms with Crippen molar-refractivity contribution in [3.8, 4) is 6.07 Å². The highest BCUT2D eigenvalue weighted by atomic mass is 32.2. The molecule has 1 aromatic carbocycles. The van der Waals surface area contributed by atoms with Gasteiger partial charge in [0.1, 0.15) is 6.07 Å². The van der Waals surface area contributed by atoms with Gasteiger partial charge in [0.15, 0.2) is 0 Å². The van der Waals surface area contributed by atoms with Crippen LogP contribution in [0, 0.1) is 11.3 Å². The lowest BCUT2D eigenvalue weighted by molar-refractivity contribution is 0.384. The minimum Gasteiger partial charge on any atom is -0.353 e. The molecule has 0 bridgehead atoms. The highest BCUT2D eigenvalue weighted by molar-refractivity contribution is 7.89. The number of hydrogen-bond acceptors (Lipinski definition) is 3. The summed E-state index contributed by atoms with van der Waals surface area (Å²) >= 11 is 0. The molecule has 1 atom stereocenters. The van der Waals surface area contributed by atoms with E-state index < -0.39 is 10.0 Å². The standard InChI is InChI=1S/C16H17N3O2S/c1-18-10-4-7-14(18)15-8-5-11-19(15)22(20,21)16-9-3-2-6-13(16)12-17/h2-4,6-7,9-10,15H,5,8,11H2,1H3. The predicted molar refractivity (Wildman–Crippen MR) is 82.4 cm³/mol. The number of sulfonamides is 1. The number of aryl methyl sites for hydroxylation is 1. The number of hydrogen-bond donors (Lipinski definition) is 0. The molecule has 0 aliphatic carbocycles. The predicted octanol–water partition coefficient (Wildman–Crippen LogP) is 2.42. The average molecular weight is 315 g/mol. The average Bonchev–Trinajstić information content (AvgIpc) is 3.15. The first-order chi connectivity index (χ1) is 10.6. The summed E-state index contributed by atoms with van der Waals surface area (Å²) in [5, 5.41) is 9.18. The van der Waals surface area contributed by atoms with E-state index in [9.17, 15) is 13.7 Å². The van der Waals surface area contributed by atoms with E-state index in [1.54, 1.807) is 18.2 Å². The van der Waals surface area contributed by atoms with E-state index in [4.69, 9.17) is 0 Å². The minimum absolute atomic E-state index is 0.0959. The molecular weight excluding hydrogens is 298 g/mol. The quantitative estimate of drug-likeness (QED) is 0.873. The zero-order valence-corrected chi connectivity index (χ0v) is 13.1. The first-order valence-electron chi connectivity index (χ1n) is 7.18. The summed E-state index contributed by atoms with van der Waals surface area (Å²) in [7, 11) is -1.76. The molecule has 0 N–H and O–H groups in total. The normalized spacial score (nSPS) is 19.2. The van der Waals surface area contributed by atoms with E-state index in [0.29, 0.717) is 6.54 Å². The molecule has 6 heteroatoms. The summed E-state index contributed by atoms with van der Waals surface area (Å²) in [5.74, 6) is 0. The lowest BCUT2D eigenvalue weighted by Crippen LogP contribution is -2.32. The van der Waals surface area contributed by atoms with Gasteiger partial charge in [0.2, 0.25) is 10.0 Å². The van der Waals surface area contributed by atoms with E-state index in [-0.39, 0.29) is 16.5 Å². The Bertz CT molecular complexity index is 833. The molecule has 0 radical (unpaired) electrons. The van der Waals surface area contributed by atoms with Crippen LogP contribution in [0.15, 0.2) is 47.5 Å². The van der Waals surface area contributed by atoms with Crippen LogP contribution in [0.2, 0.25) is 0 Å². The summed E-state index contributed by atoms with van der Waals surface area (Å²) < 4.78 is 29.5. The molecule has 1 aliphatic rings. The molecule has 5 nitrogen and oxygen atoms in total. The largest absolute Gasteiger partial charge is 0.353 e. The summed E-state index contributed by atoms with van der Waals surface area (Å²) in [5.41, 5.74) is 1.18. The van der Waals surface area contributed by atoms with E-state index in [1.807, 2.05) is 36.0 Å². The number of aromatic nitrogens is 1. The van der Waals surface area contributed by atoms with Gasteiger partial charge in [0.05, 0.1) is 16.5 Å². The van der Waals surface area contributed by atoms with Gasteiger partial charge in [-0.25, -0.2) is 8.42 Å². The zero-order valence-electron chi connectivity index (χ0n) is 12.3. The smallest absolute Gasteiger partial charge is 0.245 e. The molecule has 0 amide bonds. The molecule has 3 rings (SSSR count). The topological polar surface area (TPSA) is 66.1 Å². The SMILES string of the molecule is Cn1cccc1C1CCCN1S(=O)(=O)c1ccccc1C#N. The lowest BCUT2D eigenvalue weighted by Gasteiger charge is -2.25. The van der Waals surface area contributed by atoms with Crippen molar-refractivity contribution in [3.63, 3.8) is 0 Å². The van der Waals surface area contributed by atoms with Gasteiger partial charge in [-0.1, -0.05) is 12.1 Å². The van der Waals surface area contributed by atoms with Crippen LogP contribution < -0.4 is 0 Å². The second-order valence-corrected chi connectivity index (χ2v) is 7.28. The van der Waals surface area contributed by atoms with Crippen LogP contribution in [0.3, 0.4) is 0 Å². The van der Waals surface area contributed by atoms with Gasteiger partial charge in [-0.15, -0.1) is 0 Å². The first kappa shape index (κ1) is 14.8. The van der Waals surface area contributed by atoms with Gasteiger partial charge in [-0.05, 0) is 37.1 Å². The Balaban J connectivity index is 2.05. The Hall–Kier alpha value is -2.10. The zero-order chi connectivity index (χ0) is 15.7. The maximum absolute atomic E-state index is 13.0. The van der Waals surface area contributed by atoms with Crippen molar-refractivity contribution in [1.29, 1.82) is 5.26 Å². The second kappa shape index (κ2) is 5.59. The van der Waals surface area contributed by atoms with E-state index >= 15 is 0 Å². The van der Waals surface area contributed by atoms with Crippen LogP contribution in [-0.2, 0) is 17.1 Å². The Morgan fingerprint density at radius 1 is 1.23 bits per heavy atom. The summed E-state index contributed by atoms with van der Waals surface area (Å²) in [4.78, 5) is 0.0959. The van der Waals surface area contributed by atoms with Crippen molar-refractivity contribution in [1.82, 2.24) is 8.87 Å². The van der Waals surface area contributed by atoms with Crippen LogP contribution in [-0.4, -0.2) is 23.8 Å². The summed E-state index contributed by atoms with van der Waals surface area (Å²) in [6.45, 7) is 0.484. The number of rotatable bonds is 3.